The molecule has 1 N–H and O–H groups in total. The first-order chi connectivity index (χ1) is 10.5. The third-order valence-electron chi connectivity index (χ3n) is 4.00. The first kappa shape index (κ1) is 16.4. The SMILES string of the molecule is O=C(O)CC[C@H]1CCCCN1C(=O)Cc1ccc(F)cc1F. The van der Waals surface area contributed by atoms with Crippen LogP contribution in [0.3, 0.4) is 0 Å². The molecule has 1 aromatic rings. The maximum atomic E-state index is 13.6. The van der Waals surface area contributed by atoms with Crippen molar-refractivity contribution in [3.05, 3.63) is 35.4 Å². The van der Waals surface area contributed by atoms with Crippen molar-refractivity contribution in [2.45, 2.75) is 44.6 Å². The third-order valence-corrected chi connectivity index (χ3v) is 4.00. The summed E-state index contributed by atoms with van der Waals surface area (Å²) in [6.45, 7) is 0.561. The minimum Gasteiger partial charge on any atom is -0.481 e. The van der Waals surface area contributed by atoms with Gasteiger partial charge in [-0.2, -0.15) is 0 Å². The van der Waals surface area contributed by atoms with Gasteiger partial charge in [0.1, 0.15) is 11.6 Å². The molecular formula is C16H19F2NO3. The second-order valence-corrected chi connectivity index (χ2v) is 5.58. The number of carboxylic acid groups (broad SMARTS) is 1. The van der Waals surface area contributed by atoms with Gasteiger partial charge in [-0.15, -0.1) is 0 Å². The van der Waals surface area contributed by atoms with E-state index in [1.807, 2.05) is 0 Å². The van der Waals surface area contributed by atoms with Gasteiger partial charge in [-0.25, -0.2) is 8.78 Å². The van der Waals surface area contributed by atoms with Crippen molar-refractivity contribution in [2.75, 3.05) is 6.54 Å². The summed E-state index contributed by atoms with van der Waals surface area (Å²) in [6, 6.07) is 3.06. The third kappa shape index (κ3) is 4.26. The highest BCUT2D eigenvalue weighted by atomic mass is 19.1. The molecule has 22 heavy (non-hydrogen) atoms. The number of halogens is 2. The number of amides is 1. The second-order valence-electron chi connectivity index (χ2n) is 5.58. The van der Waals surface area contributed by atoms with E-state index < -0.39 is 17.6 Å². The highest BCUT2D eigenvalue weighted by Crippen LogP contribution is 2.22. The minimum atomic E-state index is -0.887. The number of carboxylic acids is 1. The molecular weight excluding hydrogens is 292 g/mol. The van der Waals surface area contributed by atoms with E-state index in [4.69, 9.17) is 5.11 Å². The predicted molar refractivity (Wildman–Crippen MR) is 76.3 cm³/mol. The van der Waals surface area contributed by atoms with Crippen LogP contribution in [0.25, 0.3) is 0 Å². The number of piperidine rings is 1. The van der Waals surface area contributed by atoms with Gasteiger partial charge in [0.25, 0.3) is 0 Å². The summed E-state index contributed by atoms with van der Waals surface area (Å²) in [5.74, 6) is -2.53. The molecule has 0 saturated carbocycles. The molecule has 120 valence electrons. The monoisotopic (exact) mass is 311 g/mol. The van der Waals surface area contributed by atoms with Gasteiger partial charge in [-0.1, -0.05) is 6.07 Å². The van der Waals surface area contributed by atoms with Crippen LogP contribution in [0.4, 0.5) is 8.78 Å². The molecule has 1 saturated heterocycles. The minimum absolute atomic E-state index is 0.0133. The van der Waals surface area contributed by atoms with Crippen molar-refractivity contribution in [2.24, 2.45) is 0 Å². The summed E-state index contributed by atoms with van der Waals surface area (Å²) in [5.41, 5.74) is 0.161. The van der Waals surface area contributed by atoms with Crippen LogP contribution in [0.5, 0.6) is 0 Å². The normalized spacial score (nSPS) is 18.3. The quantitative estimate of drug-likeness (QED) is 0.909. The summed E-state index contributed by atoms with van der Waals surface area (Å²) >= 11 is 0. The molecule has 4 nitrogen and oxygen atoms in total. The molecule has 0 radical (unpaired) electrons. The lowest BCUT2D eigenvalue weighted by atomic mass is 9.97. The number of benzene rings is 1. The Morgan fingerprint density at radius 2 is 2.05 bits per heavy atom. The number of hydrogen-bond acceptors (Lipinski definition) is 2. The zero-order valence-electron chi connectivity index (χ0n) is 12.2. The maximum Gasteiger partial charge on any atom is 0.303 e. The molecule has 1 heterocycles. The van der Waals surface area contributed by atoms with E-state index >= 15 is 0 Å². The average molecular weight is 311 g/mol. The molecule has 2 rings (SSSR count). The van der Waals surface area contributed by atoms with E-state index in [0.29, 0.717) is 13.0 Å². The fourth-order valence-electron chi connectivity index (χ4n) is 2.85. The summed E-state index contributed by atoms with van der Waals surface area (Å²) in [4.78, 5) is 24.7. The van der Waals surface area contributed by atoms with Crippen molar-refractivity contribution in [3.63, 3.8) is 0 Å². The lowest BCUT2D eigenvalue weighted by Gasteiger charge is -2.35. The van der Waals surface area contributed by atoms with E-state index in [9.17, 15) is 18.4 Å². The fourth-order valence-corrected chi connectivity index (χ4v) is 2.85. The van der Waals surface area contributed by atoms with E-state index in [0.717, 1.165) is 31.4 Å². The first-order valence-corrected chi connectivity index (χ1v) is 7.42. The van der Waals surface area contributed by atoms with E-state index in [-0.39, 0.29) is 30.4 Å². The van der Waals surface area contributed by atoms with E-state index in [1.54, 1.807) is 4.90 Å². The van der Waals surface area contributed by atoms with Gasteiger partial charge < -0.3 is 10.0 Å². The van der Waals surface area contributed by atoms with Crippen molar-refractivity contribution in [1.29, 1.82) is 0 Å². The van der Waals surface area contributed by atoms with Gasteiger partial charge in [0.15, 0.2) is 0 Å². The Labute approximate surface area is 127 Å². The summed E-state index contributed by atoms with van der Waals surface area (Å²) in [5, 5.41) is 8.78. The maximum absolute atomic E-state index is 13.6. The molecule has 0 spiro atoms. The Hall–Kier alpha value is -1.98. The van der Waals surface area contributed by atoms with Crippen LogP contribution in [0.1, 0.15) is 37.7 Å². The first-order valence-electron chi connectivity index (χ1n) is 7.42. The number of rotatable bonds is 5. The molecule has 1 aromatic carbocycles. The Balaban J connectivity index is 2.03. The molecule has 1 atom stereocenters. The van der Waals surface area contributed by atoms with Gasteiger partial charge in [0.05, 0.1) is 6.42 Å². The topological polar surface area (TPSA) is 57.6 Å². The molecule has 1 fully saturated rings. The van der Waals surface area contributed by atoms with E-state index in [2.05, 4.69) is 0 Å². The number of carbonyl (C=O) groups excluding carboxylic acids is 1. The smallest absolute Gasteiger partial charge is 0.303 e. The molecule has 1 aliphatic heterocycles. The molecule has 1 aliphatic rings. The highest BCUT2D eigenvalue weighted by molar-refractivity contribution is 5.79. The lowest BCUT2D eigenvalue weighted by molar-refractivity contribution is -0.139. The average Bonchev–Trinajstić information content (AvgIpc) is 2.48. The summed E-state index contributed by atoms with van der Waals surface area (Å²) < 4.78 is 26.5. The molecule has 1 amide bonds. The Morgan fingerprint density at radius 3 is 2.73 bits per heavy atom. The standard InChI is InChI=1S/C16H19F2NO3/c17-12-5-4-11(14(18)10-12)9-15(20)19-8-2-1-3-13(19)6-7-16(21)22/h4-5,10,13H,1-3,6-9H2,(H,21,22)/t13-/m1/s1. The van der Waals surface area contributed by atoms with Crippen LogP contribution >= 0.6 is 0 Å². The Bertz CT molecular complexity index is 562. The fraction of sp³-hybridized carbons (Fsp3) is 0.500. The molecule has 0 aromatic heterocycles. The Morgan fingerprint density at radius 1 is 1.27 bits per heavy atom. The zero-order chi connectivity index (χ0) is 16.1. The molecule has 6 heteroatoms. The van der Waals surface area contributed by atoms with Gasteiger partial charge in [-0.05, 0) is 37.3 Å². The van der Waals surface area contributed by atoms with Crippen molar-refractivity contribution in [1.82, 2.24) is 4.90 Å². The van der Waals surface area contributed by atoms with Crippen LogP contribution < -0.4 is 0 Å². The van der Waals surface area contributed by atoms with Gasteiger partial charge in [-0.3, -0.25) is 9.59 Å². The van der Waals surface area contributed by atoms with Crippen molar-refractivity contribution < 1.29 is 23.5 Å². The van der Waals surface area contributed by atoms with Crippen molar-refractivity contribution >= 4 is 11.9 Å². The van der Waals surface area contributed by atoms with Crippen LogP contribution in [-0.4, -0.2) is 34.5 Å². The number of hydrogen-bond donors (Lipinski definition) is 1. The summed E-state index contributed by atoms with van der Waals surface area (Å²) in [6.07, 6.45) is 2.88. The molecule has 0 aliphatic carbocycles. The van der Waals surface area contributed by atoms with Crippen LogP contribution in [0.15, 0.2) is 18.2 Å². The lowest BCUT2D eigenvalue weighted by Crippen LogP contribution is -2.44. The number of likely N-dealkylation sites (tertiary alicyclic amines) is 1. The number of carbonyl (C=O) groups is 2. The Kier molecular flexibility index (Phi) is 5.46. The van der Waals surface area contributed by atoms with Gasteiger partial charge >= 0.3 is 5.97 Å². The number of aliphatic carboxylic acids is 1. The van der Waals surface area contributed by atoms with Crippen LogP contribution in [-0.2, 0) is 16.0 Å². The van der Waals surface area contributed by atoms with Crippen LogP contribution in [0.2, 0.25) is 0 Å². The van der Waals surface area contributed by atoms with E-state index in [1.165, 1.54) is 6.07 Å². The van der Waals surface area contributed by atoms with Crippen LogP contribution in [0, 0.1) is 11.6 Å². The zero-order valence-corrected chi connectivity index (χ0v) is 12.2. The molecule has 0 unspecified atom stereocenters. The second kappa shape index (κ2) is 7.33. The van der Waals surface area contributed by atoms with Gasteiger partial charge in [0.2, 0.25) is 5.91 Å². The summed E-state index contributed by atoms with van der Waals surface area (Å²) in [7, 11) is 0. The predicted octanol–water partition coefficient (Wildman–Crippen LogP) is 2.75. The highest BCUT2D eigenvalue weighted by Gasteiger charge is 2.27. The van der Waals surface area contributed by atoms with Gasteiger partial charge in [0, 0.05) is 25.1 Å². The van der Waals surface area contributed by atoms with Crippen molar-refractivity contribution in [3.8, 4) is 0 Å². The molecule has 0 bridgehead atoms. The largest absolute Gasteiger partial charge is 0.481 e. The number of nitrogens with zero attached hydrogens (tertiary/aromatic N) is 1.